The Morgan fingerprint density at radius 3 is 2.14 bits per heavy atom. The van der Waals surface area contributed by atoms with Gasteiger partial charge in [-0.2, -0.15) is 0 Å². The van der Waals surface area contributed by atoms with Crippen LogP contribution in [0.5, 0.6) is 11.5 Å². The third-order valence-corrected chi connectivity index (χ3v) is 9.87. The first-order valence-corrected chi connectivity index (χ1v) is 16.7. The van der Waals surface area contributed by atoms with Crippen molar-refractivity contribution in [3.05, 3.63) is 84.4 Å². The predicted octanol–water partition coefficient (Wildman–Crippen LogP) is 5.20. The van der Waals surface area contributed by atoms with Crippen molar-refractivity contribution in [1.82, 2.24) is 10.2 Å². The zero-order valence-corrected chi connectivity index (χ0v) is 26.6. The fourth-order valence-electron chi connectivity index (χ4n) is 5.67. The number of carbonyl (C=O) groups is 2. The number of hydrogen-bond acceptors (Lipinski definition) is 6. The second kappa shape index (κ2) is 15.6. The maximum absolute atomic E-state index is 14.3. The Morgan fingerprint density at radius 2 is 1.52 bits per heavy atom. The summed E-state index contributed by atoms with van der Waals surface area (Å²) in [6.45, 7) is 1.63. The quantitative estimate of drug-likeness (QED) is 0.265. The van der Waals surface area contributed by atoms with Gasteiger partial charge in [0.1, 0.15) is 12.6 Å². The van der Waals surface area contributed by atoms with Crippen LogP contribution in [0.4, 0.5) is 5.69 Å². The number of carbonyl (C=O) groups excluding carboxylic acids is 2. The molecule has 0 spiro atoms. The number of sulfonamides is 1. The summed E-state index contributed by atoms with van der Waals surface area (Å²) in [5, 5.41) is 3.18. The second-order valence-electron chi connectivity index (χ2n) is 11.0. The van der Waals surface area contributed by atoms with Crippen LogP contribution in [0.3, 0.4) is 0 Å². The zero-order valence-electron chi connectivity index (χ0n) is 25.8. The average Bonchev–Trinajstić information content (AvgIpc) is 3.06. The molecule has 0 radical (unpaired) electrons. The number of benzene rings is 3. The highest BCUT2D eigenvalue weighted by Crippen LogP contribution is 2.34. The van der Waals surface area contributed by atoms with E-state index in [0.29, 0.717) is 24.3 Å². The molecular weight excluding hydrogens is 578 g/mol. The molecule has 44 heavy (non-hydrogen) atoms. The van der Waals surface area contributed by atoms with E-state index < -0.39 is 28.5 Å². The molecule has 2 amide bonds. The molecule has 0 bridgehead atoms. The number of anilines is 1. The number of methoxy groups -OCH3 is 2. The van der Waals surface area contributed by atoms with E-state index in [1.54, 1.807) is 35.2 Å². The third kappa shape index (κ3) is 8.11. The maximum atomic E-state index is 14.3. The van der Waals surface area contributed by atoms with Crippen molar-refractivity contribution in [2.24, 2.45) is 0 Å². The van der Waals surface area contributed by atoms with E-state index in [9.17, 15) is 18.0 Å². The van der Waals surface area contributed by atoms with E-state index in [-0.39, 0.29) is 29.1 Å². The standard InChI is InChI=1S/C34H43N3O6S/c1-4-30(34(39)35-27-16-10-6-11-17-27)36(23-22-26-14-8-5-9-15-26)33(38)25-37(44(40,41)29-18-12-7-13-19-29)28-20-21-31(42-2)32(24-28)43-3/h5,7-9,12-15,18-21,24,27,30H,4,6,10-11,16-17,22-23,25H2,1-3H3,(H,35,39)/t30-/m0/s1. The lowest BCUT2D eigenvalue weighted by atomic mass is 9.95. The lowest BCUT2D eigenvalue weighted by Gasteiger charge is -2.34. The number of hydrogen-bond donors (Lipinski definition) is 1. The van der Waals surface area contributed by atoms with Crippen LogP contribution < -0.4 is 19.1 Å². The lowest BCUT2D eigenvalue weighted by Crippen LogP contribution is -2.54. The van der Waals surface area contributed by atoms with Gasteiger partial charge in [-0.15, -0.1) is 0 Å². The van der Waals surface area contributed by atoms with Crippen LogP contribution in [0, 0.1) is 0 Å². The molecule has 1 atom stereocenters. The lowest BCUT2D eigenvalue weighted by molar-refractivity contribution is -0.140. The average molecular weight is 622 g/mol. The van der Waals surface area contributed by atoms with Crippen LogP contribution in [0.2, 0.25) is 0 Å². The highest BCUT2D eigenvalue weighted by atomic mass is 32.2. The van der Waals surface area contributed by atoms with E-state index in [1.807, 2.05) is 37.3 Å². The Bertz CT molecular complexity index is 1480. The Hall–Kier alpha value is -4.05. The van der Waals surface area contributed by atoms with Crippen LogP contribution in [0.25, 0.3) is 0 Å². The highest BCUT2D eigenvalue weighted by molar-refractivity contribution is 7.92. The minimum Gasteiger partial charge on any atom is -0.493 e. The summed E-state index contributed by atoms with van der Waals surface area (Å²) in [4.78, 5) is 29.5. The normalized spacial score (nSPS) is 14.3. The maximum Gasteiger partial charge on any atom is 0.264 e. The van der Waals surface area contributed by atoms with E-state index in [2.05, 4.69) is 5.32 Å². The second-order valence-corrected chi connectivity index (χ2v) is 12.8. The molecule has 1 fully saturated rings. The molecule has 0 saturated heterocycles. The number of ether oxygens (including phenoxy) is 2. The van der Waals surface area contributed by atoms with E-state index in [1.165, 1.54) is 32.4 Å². The molecule has 9 nitrogen and oxygen atoms in total. The van der Waals surface area contributed by atoms with Crippen molar-refractivity contribution < 1.29 is 27.5 Å². The Morgan fingerprint density at radius 1 is 0.886 bits per heavy atom. The monoisotopic (exact) mass is 621 g/mol. The molecule has 236 valence electrons. The van der Waals surface area contributed by atoms with Crippen LogP contribution in [0.15, 0.2) is 83.8 Å². The first-order valence-electron chi connectivity index (χ1n) is 15.2. The predicted molar refractivity (Wildman–Crippen MR) is 171 cm³/mol. The summed E-state index contributed by atoms with van der Waals surface area (Å²) < 4.78 is 40.0. The summed E-state index contributed by atoms with van der Waals surface area (Å²) >= 11 is 0. The summed E-state index contributed by atoms with van der Waals surface area (Å²) in [6.07, 6.45) is 6.03. The summed E-state index contributed by atoms with van der Waals surface area (Å²) in [6, 6.07) is 21.8. The topological polar surface area (TPSA) is 105 Å². The van der Waals surface area contributed by atoms with Crippen LogP contribution in [0.1, 0.15) is 51.0 Å². The molecule has 0 aliphatic heterocycles. The summed E-state index contributed by atoms with van der Waals surface area (Å²) in [5.41, 5.74) is 1.25. The molecule has 4 rings (SSSR count). The largest absolute Gasteiger partial charge is 0.493 e. The SMILES string of the molecule is CC[C@@H](C(=O)NC1CCCCC1)N(CCc1ccccc1)C(=O)CN(c1ccc(OC)c(OC)c1)S(=O)(=O)c1ccccc1. The molecule has 10 heteroatoms. The molecule has 1 aliphatic rings. The summed E-state index contributed by atoms with van der Waals surface area (Å²) in [7, 11) is -1.22. The van der Waals surface area contributed by atoms with E-state index in [0.717, 1.165) is 42.0 Å². The Balaban J connectivity index is 1.70. The smallest absolute Gasteiger partial charge is 0.264 e. The van der Waals surface area contributed by atoms with Gasteiger partial charge in [-0.1, -0.05) is 74.7 Å². The number of nitrogens with one attached hydrogen (secondary N) is 1. The van der Waals surface area contributed by atoms with Crippen molar-refractivity contribution in [2.75, 3.05) is 31.6 Å². The number of rotatable bonds is 14. The number of nitrogens with zero attached hydrogens (tertiary/aromatic N) is 2. The Labute approximate surface area is 261 Å². The third-order valence-electron chi connectivity index (χ3n) is 8.09. The van der Waals surface area contributed by atoms with Crippen LogP contribution >= 0.6 is 0 Å². The molecule has 3 aromatic carbocycles. The minimum atomic E-state index is -4.18. The molecule has 1 aliphatic carbocycles. The van der Waals surface area contributed by atoms with Crippen molar-refractivity contribution in [2.45, 2.75) is 68.8 Å². The van der Waals surface area contributed by atoms with Gasteiger partial charge < -0.3 is 19.7 Å². The van der Waals surface area contributed by atoms with Gasteiger partial charge >= 0.3 is 0 Å². The number of amides is 2. The molecule has 0 heterocycles. The highest BCUT2D eigenvalue weighted by Gasteiger charge is 2.34. The fraction of sp³-hybridized carbons (Fsp3) is 0.412. The first-order chi connectivity index (χ1) is 21.3. The first kappa shape index (κ1) is 32.9. The van der Waals surface area contributed by atoms with Gasteiger partial charge in [0.15, 0.2) is 11.5 Å². The van der Waals surface area contributed by atoms with Gasteiger partial charge in [0.2, 0.25) is 11.8 Å². The molecule has 1 N–H and O–H groups in total. The minimum absolute atomic E-state index is 0.0421. The molecule has 0 unspecified atom stereocenters. The molecule has 1 saturated carbocycles. The molecular formula is C34H43N3O6S. The molecule has 0 aromatic heterocycles. The van der Waals surface area contributed by atoms with Crippen LogP contribution in [-0.2, 0) is 26.0 Å². The van der Waals surface area contributed by atoms with Gasteiger partial charge in [0.05, 0.1) is 24.8 Å². The molecule has 3 aromatic rings. The van der Waals surface area contributed by atoms with Crippen molar-refractivity contribution in [3.8, 4) is 11.5 Å². The van der Waals surface area contributed by atoms with Gasteiger partial charge in [-0.25, -0.2) is 8.42 Å². The van der Waals surface area contributed by atoms with E-state index in [4.69, 9.17) is 9.47 Å². The van der Waals surface area contributed by atoms with Crippen molar-refractivity contribution in [1.29, 1.82) is 0 Å². The van der Waals surface area contributed by atoms with Crippen molar-refractivity contribution in [3.63, 3.8) is 0 Å². The fourth-order valence-corrected chi connectivity index (χ4v) is 7.10. The van der Waals surface area contributed by atoms with E-state index >= 15 is 0 Å². The van der Waals surface area contributed by atoms with Gasteiger partial charge in [0, 0.05) is 18.7 Å². The van der Waals surface area contributed by atoms with Gasteiger partial charge in [-0.3, -0.25) is 13.9 Å². The Kier molecular flexibility index (Phi) is 11.7. The van der Waals surface area contributed by atoms with Gasteiger partial charge in [0.25, 0.3) is 10.0 Å². The zero-order chi connectivity index (χ0) is 31.5. The van der Waals surface area contributed by atoms with Gasteiger partial charge in [-0.05, 0) is 55.5 Å². The summed E-state index contributed by atoms with van der Waals surface area (Å²) in [5.74, 6) is 0.0738. The van der Waals surface area contributed by atoms with Crippen LogP contribution in [-0.4, -0.2) is 64.5 Å². The van der Waals surface area contributed by atoms with Crippen molar-refractivity contribution >= 4 is 27.5 Å².